The summed E-state index contributed by atoms with van der Waals surface area (Å²) in [4.78, 5) is 15.1. The van der Waals surface area contributed by atoms with Crippen LogP contribution in [0.15, 0.2) is 29.2 Å². The fourth-order valence-corrected chi connectivity index (χ4v) is 2.53. The molecule has 0 atom stereocenters. The third kappa shape index (κ3) is 4.54. The Morgan fingerprint density at radius 1 is 1.28 bits per heavy atom. The van der Waals surface area contributed by atoms with Crippen LogP contribution in [0, 0.1) is 0 Å². The molecule has 18 heavy (non-hydrogen) atoms. The molecule has 0 aliphatic rings. The second-order valence-electron chi connectivity index (χ2n) is 4.18. The van der Waals surface area contributed by atoms with Crippen LogP contribution in [-0.4, -0.2) is 36.5 Å². The zero-order valence-corrected chi connectivity index (χ0v) is 12.6. The van der Waals surface area contributed by atoms with Crippen molar-refractivity contribution in [1.29, 1.82) is 0 Å². The number of thioether (sulfide) groups is 1. The van der Waals surface area contributed by atoms with E-state index in [4.69, 9.17) is 11.6 Å². The van der Waals surface area contributed by atoms with E-state index in [1.54, 1.807) is 16.7 Å². The molecule has 1 aromatic carbocycles. The highest BCUT2D eigenvalue weighted by Gasteiger charge is 2.14. The minimum Gasteiger partial charge on any atom is -0.342 e. The van der Waals surface area contributed by atoms with E-state index >= 15 is 0 Å². The molecule has 4 heteroatoms. The van der Waals surface area contributed by atoms with Crippen molar-refractivity contribution in [2.45, 2.75) is 24.2 Å². The Morgan fingerprint density at radius 3 is 2.67 bits per heavy atom. The molecule has 100 valence electrons. The molecule has 0 spiro atoms. The summed E-state index contributed by atoms with van der Waals surface area (Å²) < 4.78 is 0. The van der Waals surface area contributed by atoms with Crippen LogP contribution in [-0.2, 0) is 0 Å². The van der Waals surface area contributed by atoms with Gasteiger partial charge in [-0.2, -0.15) is 0 Å². The molecule has 0 aliphatic carbocycles. The minimum atomic E-state index is 0.103. The van der Waals surface area contributed by atoms with Gasteiger partial charge in [0.25, 0.3) is 5.91 Å². The molecule has 0 radical (unpaired) electrons. The smallest absolute Gasteiger partial charge is 0.254 e. The fraction of sp³-hybridized carbons (Fsp3) is 0.500. The fourth-order valence-electron chi connectivity index (χ4n) is 1.75. The summed E-state index contributed by atoms with van der Waals surface area (Å²) in [6.45, 7) is 0.790. The summed E-state index contributed by atoms with van der Waals surface area (Å²) >= 11 is 7.24. The molecular formula is C14H20ClNOS. The van der Waals surface area contributed by atoms with Gasteiger partial charge >= 0.3 is 0 Å². The Hall–Kier alpha value is -0.670. The van der Waals surface area contributed by atoms with E-state index in [-0.39, 0.29) is 5.91 Å². The third-order valence-corrected chi connectivity index (χ3v) is 3.87. The first-order valence-electron chi connectivity index (χ1n) is 6.15. The van der Waals surface area contributed by atoms with Crippen LogP contribution in [0.3, 0.4) is 0 Å². The number of carbonyl (C=O) groups is 1. The number of rotatable bonds is 7. The van der Waals surface area contributed by atoms with Crippen molar-refractivity contribution in [3.05, 3.63) is 29.8 Å². The Kier molecular flexibility index (Phi) is 7.21. The lowest BCUT2D eigenvalue weighted by Gasteiger charge is -2.18. The molecule has 1 aromatic rings. The van der Waals surface area contributed by atoms with Gasteiger partial charge in [0, 0.05) is 24.4 Å². The number of carbonyl (C=O) groups excluding carboxylic acids is 1. The van der Waals surface area contributed by atoms with Gasteiger partial charge in [-0.1, -0.05) is 18.6 Å². The average Bonchev–Trinajstić information content (AvgIpc) is 2.42. The molecule has 0 fully saturated rings. The number of alkyl halides is 1. The molecule has 1 rings (SSSR count). The second kappa shape index (κ2) is 8.44. The van der Waals surface area contributed by atoms with Crippen LogP contribution in [0.1, 0.15) is 29.6 Å². The van der Waals surface area contributed by atoms with Crippen LogP contribution in [0.5, 0.6) is 0 Å². The summed E-state index contributed by atoms with van der Waals surface area (Å²) in [6.07, 6.45) is 5.10. The monoisotopic (exact) mass is 285 g/mol. The standard InChI is InChI=1S/C14H20ClNOS/c1-16(11-7-3-6-10-15)14(17)12-8-4-5-9-13(12)18-2/h4-5,8-9H,3,6-7,10-11H2,1-2H3. The number of nitrogens with zero attached hydrogens (tertiary/aromatic N) is 1. The molecule has 0 bridgehead atoms. The zero-order valence-electron chi connectivity index (χ0n) is 11.0. The topological polar surface area (TPSA) is 20.3 Å². The summed E-state index contributed by atoms with van der Waals surface area (Å²) in [5, 5.41) is 0. The van der Waals surface area contributed by atoms with Gasteiger partial charge < -0.3 is 4.90 Å². The third-order valence-electron chi connectivity index (χ3n) is 2.81. The van der Waals surface area contributed by atoms with E-state index in [0.717, 1.165) is 36.3 Å². The van der Waals surface area contributed by atoms with E-state index in [9.17, 15) is 4.79 Å². The zero-order chi connectivity index (χ0) is 13.4. The van der Waals surface area contributed by atoms with Gasteiger partial charge in [-0.15, -0.1) is 23.4 Å². The first-order valence-corrected chi connectivity index (χ1v) is 7.91. The highest BCUT2D eigenvalue weighted by molar-refractivity contribution is 7.98. The molecule has 0 N–H and O–H groups in total. The summed E-state index contributed by atoms with van der Waals surface area (Å²) in [5.41, 5.74) is 0.796. The normalized spacial score (nSPS) is 10.4. The largest absolute Gasteiger partial charge is 0.342 e. The van der Waals surface area contributed by atoms with Crippen LogP contribution < -0.4 is 0 Å². The Morgan fingerprint density at radius 2 is 2.00 bits per heavy atom. The Balaban J connectivity index is 2.57. The van der Waals surface area contributed by atoms with Crippen LogP contribution >= 0.6 is 23.4 Å². The second-order valence-corrected chi connectivity index (χ2v) is 5.40. The van der Waals surface area contributed by atoms with Crippen LogP contribution in [0.4, 0.5) is 0 Å². The van der Waals surface area contributed by atoms with Gasteiger partial charge in [-0.25, -0.2) is 0 Å². The maximum Gasteiger partial charge on any atom is 0.254 e. The average molecular weight is 286 g/mol. The minimum absolute atomic E-state index is 0.103. The maximum absolute atomic E-state index is 12.3. The van der Waals surface area contributed by atoms with Crippen molar-refractivity contribution in [3.8, 4) is 0 Å². The van der Waals surface area contributed by atoms with Crippen molar-refractivity contribution in [1.82, 2.24) is 4.90 Å². The summed E-state index contributed by atoms with van der Waals surface area (Å²) in [6, 6.07) is 7.75. The highest BCUT2D eigenvalue weighted by Crippen LogP contribution is 2.21. The van der Waals surface area contributed by atoms with Crippen molar-refractivity contribution in [2.24, 2.45) is 0 Å². The number of hydrogen-bond donors (Lipinski definition) is 0. The number of benzene rings is 1. The quantitative estimate of drug-likeness (QED) is 0.430. The number of amides is 1. The van der Waals surface area contributed by atoms with Gasteiger partial charge in [-0.3, -0.25) is 4.79 Å². The van der Waals surface area contributed by atoms with Gasteiger partial charge in [-0.05, 0) is 31.2 Å². The van der Waals surface area contributed by atoms with Crippen molar-refractivity contribution in [2.75, 3.05) is 25.7 Å². The van der Waals surface area contributed by atoms with E-state index in [1.165, 1.54) is 0 Å². The molecule has 0 aromatic heterocycles. The lowest BCUT2D eigenvalue weighted by molar-refractivity contribution is 0.0789. The number of hydrogen-bond acceptors (Lipinski definition) is 2. The van der Waals surface area contributed by atoms with Gasteiger partial charge in [0.15, 0.2) is 0 Å². The highest BCUT2D eigenvalue weighted by atomic mass is 35.5. The lowest BCUT2D eigenvalue weighted by Crippen LogP contribution is -2.28. The SMILES string of the molecule is CSc1ccccc1C(=O)N(C)CCCCCCl. The molecule has 0 saturated carbocycles. The summed E-state index contributed by atoms with van der Waals surface area (Å²) in [7, 11) is 1.86. The van der Waals surface area contributed by atoms with Crippen molar-refractivity contribution in [3.63, 3.8) is 0 Å². The van der Waals surface area contributed by atoms with Gasteiger partial charge in [0.05, 0.1) is 5.56 Å². The molecule has 0 unspecified atom stereocenters. The predicted molar refractivity (Wildman–Crippen MR) is 79.8 cm³/mol. The van der Waals surface area contributed by atoms with E-state index in [0.29, 0.717) is 5.88 Å². The van der Waals surface area contributed by atoms with E-state index in [2.05, 4.69) is 0 Å². The first-order chi connectivity index (χ1) is 8.70. The van der Waals surface area contributed by atoms with Crippen molar-refractivity contribution >= 4 is 29.3 Å². The molecule has 0 heterocycles. The molecule has 1 amide bonds. The Bertz CT molecular complexity index is 384. The van der Waals surface area contributed by atoms with Gasteiger partial charge in [0.2, 0.25) is 0 Å². The molecule has 2 nitrogen and oxygen atoms in total. The van der Waals surface area contributed by atoms with Crippen molar-refractivity contribution < 1.29 is 4.79 Å². The summed E-state index contributed by atoms with van der Waals surface area (Å²) in [5.74, 6) is 0.804. The predicted octanol–water partition coefficient (Wildman–Crippen LogP) is 3.89. The van der Waals surface area contributed by atoms with Gasteiger partial charge in [0.1, 0.15) is 0 Å². The van der Waals surface area contributed by atoms with Crippen LogP contribution in [0.25, 0.3) is 0 Å². The van der Waals surface area contributed by atoms with E-state index < -0.39 is 0 Å². The maximum atomic E-state index is 12.3. The Labute approximate surface area is 119 Å². The number of halogens is 1. The molecule has 0 saturated heterocycles. The number of unbranched alkanes of at least 4 members (excludes halogenated alkanes) is 2. The molecule has 0 aliphatic heterocycles. The lowest BCUT2D eigenvalue weighted by atomic mass is 10.2. The first kappa shape index (κ1) is 15.4. The molecular weight excluding hydrogens is 266 g/mol. The van der Waals surface area contributed by atoms with Crippen LogP contribution in [0.2, 0.25) is 0 Å². The van der Waals surface area contributed by atoms with E-state index in [1.807, 2.05) is 37.6 Å².